The van der Waals surface area contributed by atoms with Gasteiger partial charge in [0.1, 0.15) is 12.1 Å². The Morgan fingerprint density at radius 3 is 2.36 bits per heavy atom. The summed E-state index contributed by atoms with van der Waals surface area (Å²) >= 11 is 2.05. The summed E-state index contributed by atoms with van der Waals surface area (Å²) in [5, 5.41) is 17.0. The van der Waals surface area contributed by atoms with Gasteiger partial charge in [0.05, 0.1) is 11.6 Å². The number of benzene rings is 2. The Kier molecular flexibility index (Phi) is 16.2. The molecule has 0 spiro atoms. The number of fused-ring (bicyclic) bond motifs is 1. The Hall–Kier alpha value is -3.30. The third-order valence-electron chi connectivity index (χ3n) is 8.30. The highest BCUT2D eigenvalue weighted by Crippen LogP contribution is 2.29. The third kappa shape index (κ3) is 11.5. The largest absolute Gasteiger partial charge is 0.481 e. The number of hydrogen-bond donors (Lipinski definition) is 1. The van der Waals surface area contributed by atoms with E-state index >= 15 is 0 Å². The number of nitrogens with zero attached hydrogens (tertiary/aromatic N) is 4. The van der Waals surface area contributed by atoms with Gasteiger partial charge in [-0.15, -0.1) is 0 Å². The SMILES string of the molecule is CC(=O)O.CC=O.CN(CC(CCN1CC(N2CCSCC2)C1)c1ccc(F)cc1)C(=O)c1cc(C#N)cc2c1CCCC2.O. The van der Waals surface area contributed by atoms with Crippen molar-refractivity contribution in [3.05, 3.63) is 70.0 Å². The first-order valence-electron chi connectivity index (χ1n) is 15.4. The van der Waals surface area contributed by atoms with Crippen LogP contribution in [0.25, 0.3) is 0 Å². The zero-order chi connectivity index (χ0) is 32.1. The summed E-state index contributed by atoms with van der Waals surface area (Å²) in [5.74, 6) is 1.51. The van der Waals surface area contributed by atoms with Crippen LogP contribution in [0.3, 0.4) is 0 Å². The molecule has 1 unspecified atom stereocenters. The molecule has 3 N–H and O–H groups in total. The number of rotatable bonds is 8. The normalized spacial score (nSPS) is 16.9. The van der Waals surface area contributed by atoms with E-state index in [2.05, 4.69) is 15.9 Å². The Bertz CT molecular complexity index is 1290. The first-order valence-corrected chi connectivity index (χ1v) is 16.5. The number of likely N-dealkylation sites (N-methyl/N-ethyl adjacent to an activating group) is 1. The zero-order valence-corrected chi connectivity index (χ0v) is 27.5. The molecule has 2 aromatic rings. The molecule has 2 fully saturated rings. The summed E-state index contributed by atoms with van der Waals surface area (Å²) in [6.45, 7) is 8.69. The predicted octanol–water partition coefficient (Wildman–Crippen LogP) is 4.03. The van der Waals surface area contributed by atoms with Gasteiger partial charge in [-0.05, 0) is 86.5 Å². The highest BCUT2D eigenvalue weighted by atomic mass is 32.2. The van der Waals surface area contributed by atoms with Crippen LogP contribution < -0.4 is 0 Å². The summed E-state index contributed by atoms with van der Waals surface area (Å²) in [6, 6.07) is 13.4. The Labute approximate surface area is 270 Å². The molecule has 1 amide bonds. The molecule has 1 aliphatic carbocycles. The third-order valence-corrected chi connectivity index (χ3v) is 9.24. The molecule has 2 aromatic carbocycles. The molecule has 1 atom stereocenters. The summed E-state index contributed by atoms with van der Waals surface area (Å²) in [6.07, 6.45) is 5.67. The van der Waals surface area contributed by atoms with Gasteiger partial charge in [-0.1, -0.05) is 12.1 Å². The van der Waals surface area contributed by atoms with Crippen LogP contribution in [0.5, 0.6) is 0 Å². The first-order chi connectivity index (χ1) is 21.2. The second-order valence-electron chi connectivity index (χ2n) is 11.5. The van der Waals surface area contributed by atoms with Gasteiger partial charge in [0.15, 0.2) is 0 Å². The van der Waals surface area contributed by atoms with Crippen LogP contribution in [0.4, 0.5) is 4.39 Å². The van der Waals surface area contributed by atoms with E-state index in [0.717, 1.165) is 81.6 Å². The number of carboxylic acid groups (broad SMARTS) is 1. The minimum absolute atomic E-state index is 0. The lowest BCUT2D eigenvalue weighted by Gasteiger charge is -2.47. The van der Waals surface area contributed by atoms with Crippen molar-refractivity contribution in [2.45, 2.75) is 57.9 Å². The van der Waals surface area contributed by atoms with Crippen LogP contribution in [0.15, 0.2) is 36.4 Å². The second-order valence-corrected chi connectivity index (χ2v) is 12.7. The van der Waals surface area contributed by atoms with Gasteiger partial charge in [0.25, 0.3) is 11.9 Å². The van der Waals surface area contributed by atoms with Gasteiger partial charge in [-0.2, -0.15) is 17.0 Å². The lowest BCUT2D eigenvalue weighted by molar-refractivity contribution is -0.134. The van der Waals surface area contributed by atoms with Crippen molar-refractivity contribution in [1.29, 1.82) is 5.26 Å². The molecule has 0 saturated carbocycles. The van der Waals surface area contributed by atoms with Gasteiger partial charge >= 0.3 is 0 Å². The number of nitriles is 1. The number of aliphatic carboxylic acids is 1. The number of likely N-dealkylation sites (tertiary alicyclic amines) is 1. The Morgan fingerprint density at radius 1 is 1.16 bits per heavy atom. The molecule has 3 aliphatic rings. The maximum Gasteiger partial charge on any atom is 0.300 e. The van der Waals surface area contributed by atoms with E-state index in [-0.39, 0.29) is 23.1 Å². The Morgan fingerprint density at radius 2 is 1.76 bits per heavy atom. The number of carboxylic acids is 1. The highest BCUT2D eigenvalue weighted by molar-refractivity contribution is 7.99. The standard InChI is InChI=1S/C30H37FN4OS.C2H4O2.C2H4O.H2O/c1-33(30(36)29-17-22(18-32)16-24-4-2-3-5-28(24)29)19-25(23-6-8-26(31)9-7-23)10-11-34-20-27(21-34)35-12-14-37-15-13-35;1-2(3)4;1-2-3;/h6-9,16-17,25,27H,2-5,10-15,19-21H2,1H3;1H3,(H,3,4);2H,1H3;1H2. The number of carbonyl (C=O) groups excluding carboxylic acids is 2. The van der Waals surface area contributed by atoms with Gasteiger partial charge < -0.3 is 25.2 Å². The number of aldehydes is 1. The molecule has 2 saturated heterocycles. The van der Waals surface area contributed by atoms with E-state index in [0.29, 0.717) is 23.7 Å². The lowest BCUT2D eigenvalue weighted by atomic mass is 9.86. The van der Waals surface area contributed by atoms with E-state index in [1.807, 2.05) is 41.9 Å². The summed E-state index contributed by atoms with van der Waals surface area (Å²) in [4.78, 5) is 38.4. The van der Waals surface area contributed by atoms with Crippen molar-refractivity contribution in [3.8, 4) is 6.07 Å². The fraction of sp³-hybridized carbons (Fsp3) is 0.529. The predicted molar refractivity (Wildman–Crippen MR) is 176 cm³/mol. The monoisotopic (exact) mass is 642 g/mol. The van der Waals surface area contributed by atoms with Crippen LogP contribution in [-0.2, 0) is 22.4 Å². The molecule has 0 bridgehead atoms. The Balaban J connectivity index is 0.000000804. The summed E-state index contributed by atoms with van der Waals surface area (Å²) in [5.41, 5.74) is 4.57. The average Bonchev–Trinajstić information content (AvgIpc) is 2.99. The van der Waals surface area contributed by atoms with Crippen molar-refractivity contribution >= 4 is 29.9 Å². The molecule has 0 radical (unpaired) electrons. The van der Waals surface area contributed by atoms with Crippen molar-refractivity contribution in [1.82, 2.24) is 14.7 Å². The number of aryl methyl sites for hydroxylation is 1. The molecule has 2 heterocycles. The van der Waals surface area contributed by atoms with E-state index in [4.69, 9.17) is 14.7 Å². The van der Waals surface area contributed by atoms with Gasteiger partial charge in [-0.25, -0.2) is 4.39 Å². The maximum absolute atomic E-state index is 13.7. The molecular formula is C34H47FN4O5S. The summed E-state index contributed by atoms with van der Waals surface area (Å²) < 4.78 is 13.7. The number of hydrogen-bond acceptors (Lipinski definition) is 7. The molecule has 11 heteroatoms. The van der Waals surface area contributed by atoms with Crippen molar-refractivity contribution in [2.75, 3.05) is 57.8 Å². The fourth-order valence-electron chi connectivity index (χ4n) is 6.08. The summed E-state index contributed by atoms with van der Waals surface area (Å²) in [7, 11) is 1.86. The zero-order valence-electron chi connectivity index (χ0n) is 26.6. The van der Waals surface area contributed by atoms with Crippen LogP contribution in [0, 0.1) is 17.1 Å². The molecule has 2 aliphatic heterocycles. The first kappa shape index (κ1) is 37.9. The van der Waals surface area contributed by atoms with Crippen molar-refractivity contribution < 1.29 is 29.4 Å². The quantitative estimate of drug-likeness (QED) is 0.427. The van der Waals surface area contributed by atoms with Gasteiger partial charge in [0, 0.05) is 75.7 Å². The van der Waals surface area contributed by atoms with Crippen LogP contribution >= 0.6 is 11.8 Å². The number of halogens is 1. The molecular weight excluding hydrogens is 595 g/mol. The number of thioether (sulfide) groups is 1. The average molecular weight is 643 g/mol. The fourth-order valence-corrected chi connectivity index (χ4v) is 7.01. The van der Waals surface area contributed by atoms with Gasteiger partial charge in [-0.3, -0.25) is 14.5 Å². The van der Waals surface area contributed by atoms with Crippen LogP contribution in [-0.4, -0.2) is 107 Å². The van der Waals surface area contributed by atoms with Crippen LogP contribution in [0.1, 0.15) is 71.6 Å². The second kappa shape index (κ2) is 19.3. The van der Waals surface area contributed by atoms with E-state index < -0.39 is 5.97 Å². The maximum atomic E-state index is 13.7. The van der Waals surface area contributed by atoms with E-state index in [1.165, 1.54) is 43.7 Å². The molecule has 246 valence electrons. The lowest BCUT2D eigenvalue weighted by Crippen LogP contribution is -2.61. The van der Waals surface area contributed by atoms with Crippen molar-refractivity contribution in [2.24, 2.45) is 0 Å². The number of carbonyl (C=O) groups is 3. The van der Waals surface area contributed by atoms with Crippen molar-refractivity contribution in [3.63, 3.8) is 0 Å². The molecule has 5 rings (SSSR count). The van der Waals surface area contributed by atoms with Crippen LogP contribution in [0.2, 0.25) is 0 Å². The molecule has 45 heavy (non-hydrogen) atoms. The van der Waals surface area contributed by atoms with E-state index in [1.54, 1.807) is 6.07 Å². The minimum atomic E-state index is -0.833. The van der Waals surface area contributed by atoms with E-state index in [9.17, 15) is 14.4 Å². The minimum Gasteiger partial charge on any atom is -0.481 e. The smallest absolute Gasteiger partial charge is 0.300 e. The molecule has 9 nitrogen and oxygen atoms in total. The molecule has 0 aromatic heterocycles. The topological polar surface area (TPSA) is 136 Å². The highest BCUT2D eigenvalue weighted by Gasteiger charge is 2.33. The number of amides is 1. The van der Waals surface area contributed by atoms with Gasteiger partial charge in [0.2, 0.25) is 0 Å².